The molecule has 6 heteroatoms. The van der Waals surface area contributed by atoms with Gasteiger partial charge in [0.05, 0.1) is 0 Å². The number of aliphatic imine (C=N–C) groups is 2. The van der Waals surface area contributed by atoms with Gasteiger partial charge in [0.15, 0.2) is 0 Å². The Bertz CT molecular complexity index is 566. The van der Waals surface area contributed by atoms with E-state index in [2.05, 4.69) is 33.4 Å². The summed E-state index contributed by atoms with van der Waals surface area (Å²) in [6.07, 6.45) is 7.21. The third-order valence-electron chi connectivity index (χ3n) is 3.52. The number of nitrogens with zero attached hydrogens (tertiary/aromatic N) is 3. The van der Waals surface area contributed by atoms with Gasteiger partial charge in [-0.2, -0.15) is 0 Å². The molecule has 0 radical (unpaired) electrons. The zero-order chi connectivity index (χ0) is 18.1. The van der Waals surface area contributed by atoms with Crippen LogP contribution in [-0.4, -0.2) is 35.6 Å². The first-order chi connectivity index (χ1) is 11.3. The number of rotatable bonds is 6. The molecule has 0 aromatic rings. The number of nitrogens with two attached hydrogens (primary N) is 2. The molecule has 1 saturated heterocycles. The van der Waals surface area contributed by atoms with Crippen molar-refractivity contribution in [3.8, 4) is 0 Å². The van der Waals surface area contributed by atoms with Gasteiger partial charge in [-0.25, -0.2) is 9.98 Å². The molecule has 1 rings (SSSR count). The van der Waals surface area contributed by atoms with Gasteiger partial charge in [0.1, 0.15) is 11.7 Å². The molecule has 0 aliphatic carbocycles. The fourth-order valence-corrected chi connectivity index (χ4v) is 2.60. The van der Waals surface area contributed by atoms with E-state index in [4.69, 9.17) is 11.5 Å². The van der Waals surface area contributed by atoms with Gasteiger partial charge in [-0.05, 0) is 45.8 Å². The van der Waals surface area contributed by atoms with E-state index in [-0.39, 0.29) is 0 Å². The first-order valence-electron chi connectivity index (χ1n) is 8.13. The minimum Gasteiger partial charge on any atom is -0.402 e. The first kappa shape index (κ1) is 19.5. The molecule has 0 amide bonds. The standard InChI is InChI=1S/C18H30N6/c1-6-21-18(12-14(3)20)24-9-7-17(8-10-24)23-16(5)22-15(4)11-13(2)19/h6,11-12,17,23H,1,5,7-10,19-20H2,2-4H3/b13-11-,14-12-,21-18+,22-15-. The highest BCUT2D eigenvalue weighted by molar-refractivity contribution is 5.94. The lowest BCUT2D eigenvalue weighted by Gasteiger charge is -2.34. The second-order valence-corrected chi connectivity index (χ2v) is 6.05. The van der Waals surface area contributed by atoms with Crippen LogP contribution in [0.2, 0.25) is 0 Å². The molecule has 1 fully saturated rings. The molecular formula is C18H30N6. The molecule has 1 aliphatic rings. The zero-order valence-corrected chi connectivity index (χ0v) is 15.0. The molecule has 0 aromatic heterocycles. The SMILES string of the molecule is C=C/N=C(\C=C(\C)N)N1CCC(NC(=C)/N=C(C)\C=C(\C)N)CC1. The van der Waals surface area contributed by atoms with Crippen molar-refractivity contribution in [3.63, 3.8) is 0 Å². The summed E-state index contributed by atoms with van der Waals surface area (Å²) in [5.41, 5.74) is 13.7. The number of allylic oxidation sites excluding steroid dienone is 3. The van der Waals surface area contributed by atoms with E-state index in [1.807, 2.05) is 32.9 Å². The maximum absolute atomic E-state index is 5.77. The summed E-state index contributed by atoms with van der Waals surface area (Å²) >= 11 is 0. The molecule has 132 valence electrons. The zero-order valence-electron chi connectivity index (χ0n) is 15.0. The second kappa shape index (κ2) is 9.60. The quantitative estimate of drug-likeness (QED) is 0.514. The topological polar surface area (TPSA) is 92.0 Å². The van der Waals surface area contributed by atoms with Gasteiger partial charge < -0.3 is 21.7 Å². The number of hydrogen-bond acceptors (Lipinski definition) is 5. The monoisotopic (exact) mass is 330 g/mol. The molecule has 0 unspecified atom stereocenters. The normalized spacial score (nSPS) is 18.5. The third kappa shape index (κ3) is 7.17. The van der Waals surface area contributed by atoms with Crippen molar-refractivity contribution < 1.29 is 0 Å². The van der Waals surface area contributed by atoms with Crippen LogP contribution in [0, 0.1) is 0 Å². The molecule has 0 atom stereocenters. The highest BCUT2D eigenvalue weighted by Gasteiger charge is 2.20. The minimum absolute atomic E-state index is 0.348. The number of hydrogen-bond donors (Lipinski definition) is 3. The van der Waals surface area contributed by atoms with Crippen molar-refractivity contribution in [2.75, 3.05) is 13.1 Å². The van der Waals surface area contributed by atoms with Crippen LogP contribution in [0.1, 0.15) is 33.6 Å². The summed E-state index contributed by atoms with van der Waals surface area (Å²) in [6.45, 7) is 15.0. The Kier molecular flexibility index (Phi) is 7.82. The molecule has 5 N–H and O–H groups in total. The van der Waals surface area contributed by atoms with Crippen LogP contribution in [0.5, 0.6) is 0 Å². The van der Waals surface area contributed by atoms with Gasteiger partial charge in [-0.1, -0.05) is 13.2 Å². The van der Waals surface area contributed by atoms with Gasteiger partial charge in [-0.3, -0.25) is 0 Å². The third-order valence-corrected chi connectivity index (χ3v) is 3.52. The average Bonchev–Trinajstić information content (AvgIpc) is 2.46. The largest absolute Gasteiger partial charge is 0.402 e. The van der Waals surface area contributed by atoms with Gasteiger partial charge in [-0.15, -0.1) is 0 Å². The summed E-state index contributed by atoms with van der Waals surface area (Å²) < 4.78 is 0. The van der Waals surface area contributed by atoms with E-state index in [0.717, 1.165) is 48.9 Å². The molecular weight excluding hydrogens is 300 g/mol. The number of amidine groups is 1. The van der Waals surface area contributed by atoms with Crippen molar-refractivity contribution >= 4 is 11.5 Å². The predicted octanol–water partition coefficient (Wildman–Crippen LogP) is 2.24. The Balaban J connectivity index is 2.58. The van der Waals surface area contributed by atoms with Gasteiger partial charge >= 0.3 is 0 Å². The number of nitrogens with one attached hydrogen (secondary N) is 1. The Morgan fingerprint density at radius 2 is 1.71 bits per heavy atom. The first-order valence-corrected chi connectivity index (χ1v) is 8.13. The molecule has 0 saturated carbocycles. The van der Waals surface area contributed by atoms with E-state index in [1.54, 1.807) is 6.20 Å². The summed E-state index contributed by atoms with van der Waals surface area (Å²) in [4.78, 5) is 10.9. The average molecular weight is 330 g/mol. The van der Waals surface area contributed by atoms with Crippen LogP contribution in [0.25, 0.3) is 0 Å². The van der Waals surface area contributed by atoms with Crippen LogP contribution in [0.3, 0.4) is 0 Å². The Morgan fingerprint density at radius 3 is 2.21 bits per heavy atom. The van der Waals surface area contributed by atoms with Crippen molar-refractivity contribution in [2.24, 2.45) is 21.5 Å². The van der Waals surface area contributed by atoms with Crippen LogP contribution in [0.15, 0.2) is 58.7 Å². The summed E-state index contributed by atoms with van der Waals surface area (Å²) in [5.74, 6) is 1.53. The van der Waals surface area contributed by atoms with E-state index in [1.165, 1.54) is 0 Å². The maximum atomic E-state index is 5.77. The maximum Gasteiger partial charge on any atom is 0.130 e. The lowest BCUT2D eigenvalue weighted by atomic mass is 10.0. The van der Waals surface area contributed by atoms with Crippen molar-refractivity contribution in [1.82, 2.24) is 10.2 Å². The molecule has 6 nitrogen and oxygen atoms in total. The van der Waals surface area contributed by atoms with Gasteiger partial charge in [0.2, 0.25) is 0 Å². The highest BCUT2D eigenvalue weighted by Crippen LogP contribution is 2.13. The fraction of sp³-hybridized carbons (Fsp3) is 0.444. The molecule has 1 aliphatic heterocycles. The molecule has 0 bridgehead atoms. The van der Waals surface area contributed by atoms with E-state index in [9.17, 15) is 0 Å². The molecule has 24 heavy (non-hydrogen) atoms. The predicted molar refractivity (Wildman–Crippen MR) is 104 cm³/mol. The minimum atomic E-state index is 0.348. The van der Waals surface area contributed by atoms with E-state index < -0.39 is 0 Å². The van der Waals surface area contributed by atoms with Gasteiger partial charge in [0, 0.05) is 42.4 Å². The molecule has 0 aromatic carbocycles. The Labute approximate surface area is 145 Å². The van der Waals surface area contributed by atoms with Crippen LogP contribution >= 0.6 is 0 Å². The summed E-state index contributed by atoms with van der Waals surface area (Å²) in [7, 11) is 0. The van der Waals surface area contributed by atoms with Crippen molar-refractivity contribution in [2.45, 2.75) is 39.7 Å². The molecule has 1 heterocycles. The molecule has 0 spiro atoms. The fourth-order valence-electron chi connectivity index (χ4n) is 2.60. The Morgan fingerprint density at radius 1 is 1.12 bits per heavy atom. The summed E-state index contributed by atoms with van der Waals surface area (Å²) in [6, 6.07) is 0.348. The lowest BCUT2D eigenvalue weighted by Crippen LogP contribution is -2.44. The number of piperidine rings is 1. The Hall–Kier alpha value is -2.50. The van der Waals surface area contributed by atoms with E-state index in [0.29, 0.717) is 11.9 Å². The highest BCUT2D eigenvalue weighted by atomic mass is 15.2. The van der Waals surface area contributed by atoms with Crippen LogP contribution in [0.4, 0.5) is 0 Å². The lowest BCUT2D eigenvalue weighted by molar-refractivity contribution is 0.293. The van der Waals surface area contributed by atoms with E-state index >= 15 is 0 Å². The number of likely N-dealkylation sites (tertiary alicyclic amines) is 1. The van der Waals surface area contributed by atoms with Crippen molar-refractivity contribution in [1.29, 1.82) is 0 Å². The smallest absolute Gasteiger partial charge is 0.130 e. The van der Waals surface area contributed by atoms with Gasteiger partial charge in [0.25, 0.3) is 0 Å². The van der Waals surface area contributed by atoms with Crippen LogP contribution in [-0.2, 0) is 0 Å². The second-order valence-electron chi connectivity index (χ2n) is 6.05. The summed E-state index contributed by atoms with van der Waals surface area (Å²) in [5, 5.41) is 3.38. The van der Waals surface area contributed by atoms with Crippen molar-refractivity contribution in [3.05, 3.63) is 48.7 Å². The van der Waals surface area contributed by atoms with Crippen LogP contribution < -0.4 is 16.8 Å².